The van der Waals surface area contributed by atoms with E-state index < -0.39 is 45.3 Å². The zero-order valence-corrected chi connectivity index (χ0v) is 15.8. The summed E-state index contributed by atoms with van der Waals surface area (Å²) in [6.07, 6.45) is 1.46. The first-order valence-electron chi connectivity index (χ1n) is 8.88. The summed E-state index contributed by atoms with van der Waals surface area (Å²) >= 11 is 0. The highest BCUT2D eigenvalue weighted by Crippen LogP contribution is 2.41. The van der Waals surface area contributed by atoms with Gasteiger partial charge in [0, 0.05) is 0 Å². The van der Waals surface area contributed by atoms with Gasteiger partial charge in [0.15, 0.2) is 9.84 Å². The molecule has 2 heterocycles. The lowest BCUT2D eigenvalue weighted by Crippen LogP contribution is -2.51. The maximum Gasteiger partial charge on any atom is 0.325 e. The van der Waals surface area contributed by atoms with Crippen molar-refractivity contribution in [1.29, 1.82) is 0 Å². The summed E-state index contributed by atoms with van der Waals surface area (Å²) in [5.41, 5.74) is -0.178. The number of carbonyl (C=O) groups is 3. The zero-order valence-electron chi connectivity index (χ0n) is 14.9. The van der Waals surface area contributed by atoms with E-state index in [1.54, 1.807) is 6.92 Å². The van der Waals surface area contributed by atoms with Gasteiger partial charge in [0.05, 0.1) is 17.0 Å². The zero-order chi connectivity index (χ0) is 19.4. The van der Waals surface area contributed by atoms with Crippen molar-refractivity contribution in [3.8, 4) is 0 Å². The van der Waals surface area contributed by atoms with Gasteiger partial charge >= 0.3 is 6.03 Å². The summed E-state index contributed by atoms with van der Waals surface area (Å²) in [5.74, 6) is -1.09. The van der Waals surface area contributed by atoms with Gasteiger partial charge in [-0.15, -0.1) is 0 Å². The Morgan fingerprint density at radius 1 is 1.26 bits per heavy atom. The summed E-state index contributed by atoms with van der Waals surface area (Å²) in [7, 11) is -3.17. The molecule has 1 spiro atoms. The summed E-state index contributed by atoms with van der Waals surface area (Å²) in [6.45, 7) is 1.24. The van der Waals surface area contributed by atoms with Crippen molar-refractivity contribution in [3.05, 3.63) is 35.4 Å². The van der Waals surface area contributed by atoms with Crippen molar-refractivity contribution in [3.63, 3.8) is 0 Å². The largest absolute Gasteiger partial charge is 0.348 e. The van der Waals surface area contributed by atoms with Crippen LogP contribution in [0.5, 0.6) is 0 Å². The predicted octanol–water partition coefficient (Wildman–Crippen LogP) is 0.0733. The summed E-state index contributed by atoms with van der Waals surface area (Å²) < 4.78 is 23.4. The topological polar surface area (TPSA) is 113 Å². The van der Waals surface area contributed by atoms with Gasteiger partial charge in [-0.1, -0.05) is 24.3 Å². The summed E-state index contributed by atoms with van der Waals surface area (Å²) in [4.78, 5) is 38.8. The summed E-state index contributed by atoms with van der Waals surface area (Å²) in [6, 6.07) is 6.87. The molecule has 2 atom stereocenters. The van der Waals surface area contributed by atoms with Gasteiger partial charge in [0.2, 0.25) is 5.91 Å². The van der Waals surface area contributed by atoms with Crippen LogP contribution in [0, 0.1) is 0 Å². The number of amides is 4. The Hall–Kier alpha value is -2.42. The van der Waals surface area contributed by atoms with E-state index in [0.717, 1.165) is 16.0 Å². The van der Waals surface area contributed by atoms with E-state index >= 15 is 0 Å². The monoisotopic (exact) mass is 391 g/mol. The third kappa shape index (κ3) is 2.90. The molecule has 0 radical (unpaired) electrons. The van der Waals surface area contributed by atoms with Crippen LogP contribution in [0.3, 0.4) is 0 Å². The number of aryl methyl sites for hydroxylation is 1. The molecule has 9 heteroatoms. The van der Waals surface area contributed by atoms with E-state index in [4.69, 9.17) is 0 Å². The van der Waals surface area contributed by atoms with Crippen LogP contribution in [-0.2, 0) is 31.4 Å². The van der Waals surface area contributed by atoms with Gasteiger partial charge in [-0.3, -0.25) is 14.5 Å². The first-order valence-corrected chi connectivity index (χ1v) is 10.7. The van der Waals surface area contributed by atoms with Crippen LogP contribution in [0.2, 0.25) is 0 Å². The second-order valence-corrected chi connectivity index (χ2v) is 10.0. The number of carbonyl (C=O) groups excluding carboxylic acids is 3. The van der Waals surface area contributed by atoms with Crippen LogP contribution < -0.4 is 10.6 Å². The third-order valence-electron chi connectivity index (χ3n) is 5.67. The molecule has 3 aliphatic rings. The standard InChI is InChI=1S/C18H21N3O5S/c1-17(8-9-27(25,26)11-17)19-14(22)10-21-15(23)18(20-16(21)24)7-6-12-4-2-3-5-13(12)18/h2-5H,6-11H2,1H3,(H,19,22)(H,20,24)/t17-,18+/m1/s1. The lowest BCUT2D eigenvalue weighted by Gasteiger charge is -2.25. The van der Waals surface area contributed by atoms with Gasteiger partial charge in [0.1, 0.15) is 12.1 Å². The van der Waals surface area contributed by atoms with Crippen molar-refractivity contribution < 1.29 is 22.8 Å². The van der Waals surface area contributed by atoms with Crippen LogP contribution >= 0.6 is 0 Å². The molecule has 4 rings (SSSR count). The van der Waals surface area contributed by atoms with Crippen molar-refractivity contribution in [1.82, 2.24) is 15.5 Å². The number of nitrogens with one attached hydrogen (secondary N) is 2. The van der Waals surface area contributed by atoms with Crippen LogP contribution in [0.4, 0.5) is 4.79 Å². The van der Waals surface area contributed by atoms with Gasteiger partial charge in [-0.25, -0.2) is 13.2 Å². The number of fused-ring (bicyclic) bond motifs is 2. The molecule has 2 fully saturated rings. The predicted molar refractivity (Wildman–Crippen MR) is 96.5 cm³/mol. The average Bonchev–Trinajstić information content (AvgIpc) is 3.17. The van der Waals surface area contributed by atoms with E-state index in [9.17, 15) is 22.8 Å². The second kappa shape index (κ2) is 5.79. The molecule has 2 saturated heterocycles. The molecule has 27 heavy (non-hydrogen) atoms. The lowest BCUT2D eigenvalue weighted by atomic mass is 9.92. The number of imide groups is 1. The molecule has 1 aromatic carbocycles. The molecular weight excluding hydrogens is 370 g/mol. The molecular formula is C18H21N3O5S. The number of urea groups is 1. The number of benzene rings is 1. The Morgan fingerprint density at radius 3 is 2.70 bits per heavy atom. The van der Waals surface area contributed by atoms with Gasteiger partial charge < -0.3 is 10.6 Å². The Morgan fingerprint density at radius 2 is 2.00 bits per heavy atom. The lowest BCUT2D eigenvalue weighted by molar-refractivity contribution is -0.135. The van der Waals surface area contributed by atoms with Gasteiger partial charge in [-0.2, -0.15) is 0 Å². The van der Waals surface area contributed by atoms with E-state index in [2.05, 4.69) is 10.6 Å². The first kappa shape index (κ1) is 18.0. The summed E-state index contributed by atoms with van der Waals surface area (Å²) in [5, 5.41) is 5.45. The van der Waals surface area contributed by atoms with Crippen molar-refractivity contribution >= 4 is 27.7 Å². The van der Waals surface area contributed by atoms with Crippen LogP contribution in [0.15, 0.2) is 24.3 Å². The number of nitrogens with zero attached hydrogens (tertiary/aromatic N) is 1. The second-order valence-electron chi connectivity index (χ2n) is 7.83. The fraction of sp³-hybridized carbons (Fsp3) is 0.500. The molecule has 2 N–H and O–H groups in total. The number of sulfone groups is 1. The Labute approximate surface area is 157 Å². The smallest absolute Gasteiger partial charge is 0.325 e. The normalized spacial score (nSPS) is 31.2. The molecule has 4 amide bonds. The fourth-order valence-electron chi connectivity index (χ4n) is 4.36. The minimum absolute atomic E-state index is 0.0206. The van der Waals surface area contributed by atoms with Crippen molar-refractivity contribution in [2.45, 2.75) is 37.3 Å². The highest BCUT2D eigenvalue weighted by atomic mass is 32.2. The molecule has 8 nitrogen and oxygen atoms in total. The average molecular weight is 391 g/mol. The quantitative estimate of drug-likeness (QED) is 0.708. The maximum absolute atomic E-state index is 13.0. The van der Waals surface area contributed by atoms with Crippen LogP contribution in [0.1, 0.15) is 30.9 Å². The SMILES string of the molecule is C[C@@]1(NC(=O)CN2C(=O)N[C@]3(CCc4ccccc43)C2=O)CCS(=O)(=O)C1. The molecule has 2 aliphatic heterocycles. The van der Waals surface area contributed by atoms with E-state index in [-0.39, 0.29) is 11.5 Å². The fourth-order valence-corrected chi connectivity index (χ4v) is 6.46. The molecule has 1 aliphatic carbocycles. The van der Waals surface area contributed by atoms with Crippen LogP contribution in [-0.4, -0.2) is 54.8 Å². The number of hydrogen-bond donors (Lipinski definition) is 2. The van der Waals surface area contributed by atoms with Crippen molar-refractivity contribution in [2.75, 3.05) is 18.1 Å². The molecule has 0 unspecified atom stereocenters. The minimum atomic E-state index is -3.17. The van der Waals surface area contributed by atoms with Gasteiger partial charge in [-0.05, 0) is 37.3 Å². The Bertz CT molecular complexity index is 959. The maximum atomic E-state index is 13.0. The first-order chi connectivity index (χ1) is 12.6. The Kier molecular flexibility index (Phi) is 3.85. The van der Waals surface area contributed by atoms with E-state index in [0.29, 0.717) is 19.3 Å². The minimum Gasteiger partial charge on any atom is -0.348 e. The number of hydrogen-bond acceptors (Lipinski definition) is 5. The molecule has 0 aromatic heterocycles. The van der Waals surface area contributed by atoms with E-state index in [1.165, 1.54) is 0 Å². The molecule has 0 bridgehead atoms. The van der Waals surface area contributed by atoms with E-state index in [1.807, 2.05) is 24.3 Å². The molecule has 1 aromatic rings. The number of rotatable bonds is 3. The van der Waals surface area contributed by atoms with Crippen molar-refractivity contribution in [2.24, 2.45) is 0 Å². The highest BCUT2D eigenvalue weighted by molar-refractivity contribution is 7.91. The molecule has 144 valence electrons. The van der Waals surface area contributed by atoms with Gasteiger partial charge in [0.25, 0.3) is 5.91 Å². The Balaban J connectivity index is 1.50. The molecule has 0 saturated carbocycles. The highest BCUT2D eigenvalue weighted by Gasteiger charge is 2.55. The third-order valence-corrected chi connectivity index (χ3v) is 7.57. The van der Waals surface area contributed by atoms with Crippen LogP contribution in [0.25, 0.3) is 0 Å².